The van der Waals surface area contributed by atoms with Crippen LogP contribution in [0.25, 0.3) is 0 Å². The fraction of sp³-hybridized carbons (Fsp3) is 0.647. The van der Waals surface area contributed by atoms with Crippen molar-refractivity contribution in [2.75, 3.05) is 32.4 Å². The zero-order valence-electron chi connectivity index (χ0n) is 16.3. The first kappa shape index (κ1) is 22.6. The maximum absolute atomic E-state index is 12.9. The summed E-state index contributed by atoms with van der Waals surface area (Å²) in [6, 6.07) is 4.78. The second-order valence-electron chi connectivity index (χ2n) is 7.53. The zero-order chi connectivity index (χ0) is 21.3. The second kappa shape index (κ2) is 8.60. The number of piperidine rings is 2. The smallest absolute Gasteiger partial charge is 0.213 e. The lowest BCUT2D eigenvalue weighted by atomic mass is 10.1. The topological polar surface area (TPSA) is 121 Å². The molecule has 2 heterocycles. The van der Waals surface area contributed by atoms with Crippen LogP contribution in [-0.4, -0.2) is 72.3 Å². The van der Waals surface area contributed by atoms with E-state index in [1.165, 1.54) is 32.9 Å². The highest BCUT2D eigenvalue weighted by atomic mass is 32.2. The van der Waals surface area contributed by atoms with Crippen LogP contribution in [0, 0.1) is 0 Å². The van der Waals surface area contributed by atoms with E-state index in [4.69, 9.17) is 0 Å². The minimum atomic E-state index is -3.85. The van der Waals surface area contributed by atoms with Crippen LogP contribution in [0.15, 0.2) is 34.1 Å². The number of benzene rings is 1. The van der Waals surface area contributed by atoms with Crippen molar-refractivity contribution in [1.82, 2.24) is 13.3 Å². The normalized spacial score (nSPS) is 23.1. The van der Waals surface area contributed by atoms with Crippen LogP contribution in [-0.2, 0) is 30.1 Å². The summed E-state index contributed by atoms with van der Waals surface area (Å²) < 4.78 is 79.4. The number of rotatable bonds is 6. The summed E-state index contributed by atoms with van der Waals surface area (Å²) in [5.74, 6) is 0. The van der Waals surface area contributed by atoms with Gasteiger partial charge in [0.25, 0.3) is 0 Å². The Bertz CT molecular complexity index is 1030. The fourth-order valence-corrected chi connectivity index (χ4v) is 7.59. The standard InChI is InChI=1S/C17H27N3O6S3/c1-27(21,22)18-15-6-5-13-20(14-15)29(25,26)17-9-7-16(8-10-17)28(23,24)19-11-3-2-4-12-19/h7-10,15,18H,2-6,11-14H2,1H3. The monoisotopic (exact) mass is 465 g/mol. The molecule has 0 bridgehead atoms. The van der Waals surface area contributed by atoms with Gasteiger partial charge in [-0.2, -0.15) is 8.61 Å². The van der Waals surface area contributed by atoms with Crippen molar-refractivity contribution < 1.29 is 25.3 Å². The van der Waals surface area contributed by atoms with Gasteiger partial charge in [-0.05, 0) is 49.9 Å². The summed E-state index contributed by atoms with van der Waals surface area (Å²) >= 11 is 0. The average Bonchev–Trinajstić information content (AvgIpc) is 2.67. The van der Waals surface area contributed by atoms with Gasteiger partial charge in [-0.1, -0.05) is 6.42 Å². The molecule has 2 aliphatic heterocycles. The summed E-state index contributed by atoms with van der Waals surface area (Å²) in [6.07, 6.45) is 4.79. The lowest BCUT2D eigenvalue weighted by molar-refractivity contribution is 0.303. The third kappa shape index (κ3) is 5.36. The summed E-state index contributed by atoms with van der Waals surface area (Å²) in [7, 11) is -10.9. The van der Waals surface area contributed by atoms with E-state index < -0.39 is 36.1 Å². The van der Waals surface area contributed by atoms with E-state index in [0.29, 0.717) is 25.9 Å². The molecular weight excluding hydrogens is 438 g/mol. The van der Waals surface area contributed by atoms with Gasteiger partial charge in [0, 0.05) is 32.2 Å². The molecule has 2 aliphatic rings. The Balaban J connectivity index is 1.77. The summed E-state index contributed by atoms with van der Waals surface area (Å²) in [5.41, 5.74) is 0. The average molecular weight is 466 g/mol. The van der Waals surface area contributed by atoms with Crippen molar-refractivity contribution in [2.24, 2.45) is 0 Å². The van der Waals surface area contributed by atoms with Gasteiger partial charge in [0.15, 0.2) is 0 Å². The fourth-order valence-electron chi connectivity index (χ4n) is 3.75. The summed E-state index contributed by atoms with van der Waals surface area (Å²) in [6.45, 7) is 1.29. The van der Waals surface area contributed by atoms with Crippen LogP contribution in [0.4, 0.5) is 0 Å². The molecule has 1 N–H and O–H groups in total. The minimum absolute atomic E-state index is 0.00454. The van der Waals surface area contributed by atoms with E-state index in [1.54, 1.807) is 0 Å². The molecule has 3 rings (SSSR count). The van der Waals surface area contributed by atoms with Crippen LogP contribution in [0.1, 0.15) is 32.1 Å². The number of hydrogen-bond acceptors (Lipinski definition) is 6. The first-order chi connectivity index (χ1) is 13.5. The van der Waals surface area contributed by atoms with E-state index in [0.717, 1.165) is 25.5 Å². The van der Waals surface area contributed by atoms with Crippen LogP contribution in [0.3, 0.4) is 0 Å². The van der Waals surface area contributed by atoms with E-state index in [1.807, 2.05) is 0 Å². The first-order valence-electron chi connectivity index (χ1n) is 9.58. The number of hydrogen-bond donors (Lipinski definition) is 1. The van der Waals surface area contributed by atoms with E-state index in [2.05, 4.69) is 4.72 Å². The Morgan fingerprint density at radius 2 is 1.24 bits per heavy atom. The Morgan fingerprint density at radius 3 is 1.76 bits per heavy atom. The summed E-state index contributed by atoms with van der Waals surface area (Å²) in [4.78, 5) is 0.0729. The molecule has 12 heteroatoms. The van der Waals surface area contributed by atoms with Crippen molar-refractivity contribution in [1.29, 1.82) is 0 Å². The van der Waals surface area contributed by atoms with Crippen molar-refractivity contribution in [3.05, 3.63) is 24.3 Å². The van der Waals surface area contributed by atoms with E-state index in [9.17, 15) is 25.3 Å². The molecule has 1 aromatic carbocycles. The second-order valence-corrected chi connectivity index (χ2v) is 13.2. The van der Waals surface area contributed by atoms with Crippen molar-refractivity contribution in [2.45, 2.75) is 47.9 Å². The van der Waals surface area contributed by atoms with Gasteiger partial charge in [0.2, 0.25) is 30.1 Å². The largest absolute Gasteiger partial charge is 0.243 e. The molecule has 29 heavy (non-hydrogen) atoms. The maximum Gasteiger partial charge on any atom is 0.243 e. The lowest BCUT2D eigenvalue weighted by Crippen LogP contribution is -2.49. The number of nitrogens with zero attached hydrogens (tertiary/aromatic N) is 2. The van der Waals surface area contributed by atoms with Crippen LogP contribution in [0.2, 0.25) is 0 Å². The number of sulfonamides is 3. The third-order valence-electron chi connectivity index (χ3n) is 5.18. The number of nitrogens with one attached hydrogen (secondary N) is 1. The predicted octanol–water partition coefficient (Wildman–Crippen LogP) is 0.564. The molecule has 164 valence electrons. The Morgan fingerprint density at radius 1 is 0.759 bits per heavy atom. The quantitative estimate of drug-likeness (QED) is 0.655. The molecule has 0 spiro atoms. The third-order valence-corrected chi connectivity index (χ3v) is 9.73. The van der Waals surface area contributed by atoms with Gasteiger partial charge in [-0.25, -0.2) is 30.0 Å². The van der Waals surface area contributed by atoms with E-state index >= 15 is 0 Å². The molecule has 0 saturated carbocycles. The van der Waals surface area contributed by atoms with Crippen LogP contribution < -0.4 is 4.72 Å². The molecule has 0 radical (unpaired) electrons. The first-order valence-corrected chi connectivity index (χ1v) is 14.3. The highest BCUT2D eigenvalue weighted by molar-refractivity contribution is 7.89. The Labute approximate surface area is 173 Å². The van der Waals surface area contributed by atoms with Gasteiger partial charge in [0.1, 0.15) is 0 Å². The van der Waals surface area contributed by atoms with Gasteiger partial charge >= 0.3 is 0 Å². The van der Waals surface area contributed by atoms with Gasteiger partial charge in [-0.3, -0.25) is 0 Å². The molecule has 1 unspecified atom stereocenters. The predicted molar refractivity (Wildman–Crippen MR) is 109 cm³/mol. The molecule has 9 nitrogen and oxygen atoms in total. The molecule has 2 saturated heterocycles. The molecule has 0 aromatic heterocycles. The maximum atomic E-state index is 12.9. The highest BCUT2D eigenvalue weighted by Gasteiger charge is 2.32. The molecule has 1 atom stereocenters. The Kier molecular flexibility index (Phi) is 6.71. The van der Waals surface area contributed by atoms with Crippen molar-refractivity contribution >= 4 is 30.1 Å². The van der Waals surface area contributed by atoms with Gasteiger partial charge in [-0.15, -0.1) is 0 Å². The molecule has 0 aliphatic carbocycles. The highest BCUT2D eigenvalue weighted by Crippen LogP contribution is 2.25. The van der Waals surface area contributed by atoms with Crippen molar-refractivity contribution in [3.8, 4) is 0 Å². The minimum Gasteiger partial charge on any atom is -0.213 e. The lowest BCUT2D eigenvalue weighted by Gasteiger charge is -2.32. The molecular formula is C17H27N3O6S3. The van der Waals surface area contributed by atoms with Gasteiger partial charge < -0.3 is 0 Å². The van der Waals surface area contributed by atoms with Gasteiger partial charge in [0.05, 0.1) is 16.0 Å². The molecule has 2 fully saturated rings. The van der Waals surface area contributed by atoms with Crippen LogP contribution >= 0.6 is 0 Å². The Hall–Kier alpha value is -1.05. The van der Waals surface area contributed by atoms with E-state index in [-0.39, 0.29) is 22.9 Å². The zero-order valence-corrected chi connectivity index (χ0v) is 18.8. The molecule has 0 amide bonds. The van der Waals surface area contributed by atoms with Crippen molar-refractivity contribution in [3.63, 3.8) is 0 Å². The SMILES string of the molecule is CS(=O)(=O)NC1CCCN(S(=O)(=O)c2ccc(S(=O)(=O)N3CCCCC3)cc2)C1. The summed E-state index contributed by atoms with van der Waals surface area (Å²) in [5, 5.41) is 0. The van der Waals surface area contributed by atoms with Crippen LogP contribution in [0.5, 0.6) is 0 Å². The molecule has 1 aromatic rings.